The lowest BCUT2D eigenvalue weighted by Gasteiger charge is -2.11. The molecule has 2 aromatic rings. The van der Waals surface area contributed by atoms with E-state index in [0.29, 0.717) is 16.5 Å². The summed E-state index contributed by atoms with van der Waals surface area (Å²) in [7, 11) is 0. The van der Waals surface area contributed by atoms with Crippen molar-refractivity contribution in [1.29, 1.82) is 0 Å². The highest BCUT2D eigenvalue weighted by Gasteiger charge is 2.15. The van der Waals surface area contributed by atoms with Gasteiger partial charge in [-0.25, -0.2) is 0 Å². The second kappa shape index (κ2) is 5.72. The molecule has 1 aromatic carbocycles. The third-order valence-corrected chi connectivity index (χ3v) is 5.22. The normalized spacial score (nSPS) is 12.7. The summed E-state index contributed by atoms with van der Waals surface area (Å²) < 4.78 is 0.924. The van der Waals surface area contributed by atoms with Crippen LogP contribution in [-0.2, 0) is 6.42 Å². The molecule has 0 spiro atoms. The molecule has 0 bridgehead atoms. The van der Waals surface area contributed by atoms with Crippen molar-refractivity contribution in [2.45, 2.75) is 12.5 Å². The standard InChI is InChI=1S/C12H9BrCl2OS/c13-8-4-5-17-12(8)10(16)6-7-2-1-3-9(14)11(7)15/h1-5,10,16H,6H2. The van der Waals surface area contributed by atoms with Crippen molar-refractivity contribution in [3.05, 3.63) is 54.6 Å². The lowest BCUT2D eigenvalue weighted by Crippen LogP contribution is -2.01. The van der Waals surface area contributed by atoms with Gasteiger partial charge in [-0.05, 0) is 39.0 Å². The summed E-state index contributed by atoms with van der Waals surface area (Å²) in [5.41, 5.74) is 0.854. The van der Waals surface area contributed by atoms with Crippen molar-refractivity contribution in [1.82, 2.24) is 0 Å². The number of rotatable bonds is 3. The van der Waals surface area contributed by atoms with Crippen molar-refractivity contribution >= 4 is 50.5 Å². The highest BCUT2D eigenvalue weighted by Crippen LogP contribution is 2.34. The summed E-state index contributed by atoms with van der Waals surface area (Å²) in [6.07, 6.45) is -0.112. The second-order valence-corrected chi connectivity index (χ2v) is 6.15. The molecule has 0 saturated heterocycles. The number of hydrogen-bond acceptors (Lipinski definition) is 2. The van der Waals surface area contributed by atoms with Crippen LogP contribution in [0.4, 0.5) is 0 Å². The Balaban J connectivity index is 2.22. The van der Waals surface area contributed by atoms with E-state index in [4.69, 9.17) is 23.2 Å². The van der Waals surface area contributed by atoms with Gasteiger partial charge in [-0.1, -0.05) is 35.3 Å². The number of benzene rings is 1. The van der Waals surface area contributed by atoms with E-state index in [2.05, 4.69) is 15.9 Å². The number of aliphatic hydroxyl groups is 1. The molecule has 90 valence electrons. The van der Waals surface area contributed by atoms with E-state index in [1.807, 2.05) is 23.6 Å². The van der Waals surface area contributed by atoms with E-state index in [1.54, 1.807) is 6.07 Å². The molecule has 1 N–H and O–H groups in total. The van der Waals surface area contributed by atoms with E-state index < -0.39 is 6.10 Å². The van der Waals surface area contributed by atoms with Gasteiger partial charge in [0.15, 0.2) is 0 Å². The van der Waals surface area contributed by atoms with E-state index in [0.717, 1.165) is 14.9 Å². The molecule has 0 radical (unpaired) electrons. The van der Waals surface area contributed by atoms with Gasteiger partial charge in [-0.15, -0.1) is 11.3 Å². The number of halogens is 3. The summed E-state index contributed by atoms with van der Waals surface area (Å²) >= 11 is 16.9. The minimum Gasteiger partial charge on any atom is -0.387 e. The number of hydrogen-bond donors (Lipinski definition) is 1. The van der Waals surface area contributed by atoms with Gasteiger partial charge >= 0.3 is 0 Å². The fraction of sp³-hybridized carbons (Fsp3) is 0.167. The second-order valence-electron chi connectivity index (χ2n) is 3.57. The molecule has 1 unspecified atom stereocenters. The average Bonchev–Trinajstić information content (AvgIpc) is 2.71. The van der Waals surface area contributed by atoms with Gasteiger partial charge in [-0.3, -0.25) is 0 Å². The Morgan fingerprint density at radius 2 is 2.06 bits per heavy atom. The third kappa shape index (κ3) is 3.04. The van der Waals surface area contributed by atoms with Crippen LogP contribution >= 0.6 is 50.5 Å². The van der Waals surface area contributed by atoms with Crippen LogP contribution < -0.4 is 0 Å². The predicted molar refractivity (Wildman–Crippen MR) is 77.1 cm³/mol. The van der Waals surface area contributed by atoms with Crippen molar-refractivity contribution in [3.8, 4) is 0 Å². The Kier molecular flexibility index (Phi) is 4.50. The maximum Gasteiger partial charge on any atom is 0.0934 e. The molecule has 0 aliphatic carbocycles. The molecule has 0 saturated carbocycles. The molecule has 0 aliphatic rings. The molecule has 17 heavy (non-hydrogen) atoms. The van der Waals surface area contributed by atoms with Crippen molar-refractivity contribution in [3.63, 3.8) is 0 Å². The molecule has 2 rings (SSSR count). The van der Waals surface area contributed by atoms with Crippen LogP contribution in [0.2, 0.25) is 10.0 Å². The van der Waals surface area contributed by atoms with Crippen LogP contribution in [0.5, 0.6) is 0 Å². The molecule has 5 heteroatoms. The summed E-state index contributed by atoms with van der Waals surface area (Å²) in [6, 6.07) is 7.36. The first kappa shape index (κ1) is 13.4. The molecule has 1 nitrogen and oxygen atoms in total. The highest BCUT2D eigenvalue weighted by atomic mass is 79.9. The number of aliphatic hydroxyl groups excluding tert-OH is 1. The Morgan fingerprint density at radius 1 is 1.29 bits per heavy atom. The van der Waals surface area contributed by atoms with Crippen molar-refractivity contribution in [2.24, 2.45) is 0 Å². The van der Waals surface area contributed by atoms with Gasteiger partial charge in [0.1, 0.15) is 0 Å². The summed E-state index contributed by atoms with van der Waals surface area (Å²) in [5.74, 6) is 0. The molecular formula is C12H9BrCl2OS. The van der Waals surface area contributed by atoms with Crippen LogP contribution in [0.25, 0.3) is 0 Å². The monoisotopic (exact) mass is 350 g/mol. The van der Waals surface area contributed by atoms with Crippen molar-refractivity contribution < 1.29 is 5.11 Å². The summed E-state index contributed by atoms with van der Waals surface area (Å²) in [6.45, 7) is 0. The minimum atomic E-state index is -0.569. The van der Waals surface area contributed by atoms with Crippen LogP contribution in [0.3, 0.4) is 0 Å². The van der Waals surface area contributed by atoms with E-state index in [9.17, 15) is 5.11 Å². The molecule has 0 fully saturated rings. The topological polar surface area (TPSA) is 20.2 Å². The van der Waals surface area contributed by atoms with E-state index in [-0.39, 0.29) is 0 Å². The third-order valence-electron chi connectivity index (χ3n) is 2.39. The lowest BCUT2D eigenvalue weighted by atomic mass is 10.1. The zero-order valence-corrected chi connectivity index (χ0v) is 12.6. The largest absolute Gasteiger partial charge is 0.387 e. The molecule has 1 atom stereocenters. The van der Waals surface area contributed by atoms with Gasteiger partial charge in [0, 0.05) is 15.8 Å². The maximum atomic E-state index is 10.1. The lowest BCUT2D eigenvalue weighted by molar-refractivity contribution is 0.181. The molecular weight excluding hydrogens is 343 g/mol. The average molecular weight is 352 g/mol. The smallest absolute Gasteiger partial charge is 0.0934 e. The maximum absolute atomic E-state index is 10.1. The van der Waals surface area contributed by atoms with Gasteiger partial charge in [-0.2, -0.15) is 0 Å². The Morgan fingerprint density at radius 3 is 2.71 bits per heavy atom. The Labute approximate surface area is 122 Å². The summed E-state index contributed by atoms with van der Waals surface area (Å²) in [5, 5.41) is 13.1. The van der Waals surface area contributed by atoms with Gasteiger partial charge < -0.3 is 5.11 Å². The fourth-order valence-corrected chi connectivity index (χ4v) is 3.57. The quantitative estimate of drug-likeness (QED) is 0.816. The van der Waals surface area contributed by atoms with Crippen LogP contribution in [0.1, 0.15) is 16.5 Å². The number of thiophene rings is 1. The van der Waals surface area contributed by atoms with Gasteiger partial charge in [0.25, 0.3) is 0 Å². The Bertz CT molecular complexity index is 527. The first-order chi connectivity index (χ1) is 8.09. The van der Waals surface area contributed by atoms with Crippen LogP contribution in [-0.4, -0.2) is 5.11 Å². The highest BCUT2D eigenvalue weighted by molar-refractivity contribution is 9.10. The zero-order chi connectivity index (χ0) is 12.4. The molecule has 0 amide bonds. The molecule has 0 aliphatic heterocycles. The molecule has 1 aromatic heterocycles. The van der Waals surface area contributed by atoms with Gasteiger partial charge in [0.05, 0.1) is 16.1 Å². The zero-order valence-electron chi connectivity index (χ0n) is 8.66. The molecule has 1 heterocycles. The predicted octanol–water partition coefficient (Wildman–Crippen LogP) is 5.09. The fourth-order valence-electron chi connectivity index (χ4n) is 1.55. The first-order valence-corrected chi connectivity index (χ1v) is 7.36. The van der Waals surface area contributed by atoms with Crippen LogP contribution in [0, 0.1) is 0 Å². The minimum absolute atomic E-state index is 0.457. The van der Waals surface area contributed by atoms with Gasteiger partial charge in [0.2, 0.25) is 0 Å². The summed E-state index contributed by atoms with van der Waals surface area (Å²) in [4.78, 5) is 0.904. The van der Waals surface area contributed by atoms with E-state index in [1.165, 1.54) is 11.3 Å². The van der Waals surface area contributed by atoms with E-state index >= 15 is 0 Å². The van der Waals surface area contributed by atoms with Crippen molar-refractivity contribution in [2.75, 3.05) is 0 Å². The SMILES string of the molecule is OC(Cc1cccc(Cl)c1Cl)c1sccc1Br. The Hall–Kier alpha value is -0.0600. The first-order valence-electron chi connectivity index (χ1n) is 4.93. The van der Waals surface area contributed by atoms with Crippen LogP contribution in [0.15, 0.2) is 34.1 Å².